The van der Waals surface area contributed by atoms with E-state index in [2.05, 4.69) is 9.97 Å². The lowest BCUT2D eigenvalue weighted by Crippen LogP contribution is -1.58. The highest BCUT2D eigenvalue weighted by Crippen LogP contribution is 1.74. The van der Waals surface area contributed by atoms with Crippen molar-refractivity contribution in [3.8, 4) is 0 Å². The molecule has 2 aromatic heterocycles. The van der Waals surface area contributed by atoms with Crippen LogP contribution in [0.4, 0.5) is 0 Å². The van der Waals surface area contributed by atoms with Crippen molar-refractivity contribution in [2.24, 2.45) is 0 Å². The highest BCUT2D eigenvalue weighted by atomic mass is 32.1. The first-order valence-corrected chi connectivity index (χ1v) is 3.70. The molecule has 9 heteroatoms. The maximum atomic E-state index is 3.78. The van der Waals surface area contributed by atoms with Crippen LogP contribution in [0.3, 0.4) is 0 Å². The van der Waals surface area contributed by atoms with Gasteiger partial charge in [-0.15, -0.1) is 0 Å². The van der Waals surface area contributed by atoms with Crippen LogP contribution in [0.25, 0.3) is 0 Å². The predicted octanol–water partition coefficient (Wildman–Crippen LogP) is 2.84. The minimum absolute atomic E-state index is 0. The highest BCUT2D eigenvalue weighted by molar-refractivity contribution is 7.60. The van der Waals surface area contributed by atoms with Gasteiger partial charge in [-0.3, -0.25) is 9.97 Å². The van der Waals surface area contributed by atoms with Gasteiger partial charge in [-0.05, 0) is 24.3 Å². The summed E-state index contributed by atoms with van der Waals surface area (Å²) < 4.78 is 0. The molecule has 2 heterocycles. The van der Waals surface area contributed by atoms with Crippen LogP contribution in [-0.4, -0.2) is 9.97 Å². The third-order valence-corrected chi connectivity index (χ3v) is 1.13. The topological polar surface area (TPSA) is 25.8 Å². The maximum absolute atomic E-state index is 3.78. The van der Waals surface area contributed by atoms with Gasteiger partial charge in [-0.1, -0.05) is 12.1 Å². The molecule has 0 bridgehead atoms. The molecule has 19 heavy (non-hydrogen) atoms. The van der Waals surface area contributed by atoms with Gasteiger partial charge in [0.1, 0.15) is 0 Å². The molecule has 2 aromatic rings. The molecule has 0 fully saturated rings. The second-order valence-electron chi connectivity index (χ2n) is 2.05. The summed E-state index contributed by atoms with van der Waals surface area (Å²) in [7, 11) is 0. The van der Waals surface area contributed by atoms with Crippen molar-refractivity contribution in [1.29, 1.82) is 0 Å². The van der Waals surface area contributed by atoms with E-state index < -0.39 is 0 Å². The summed E-state index contributed by atoms with van der Waals surface area (Å²) in [6.07, 6.45) is 7.00. The third kappa shape index (κ3) is 32.4. The normalized spacial score (nSPS) is 5.05. The summed E-state index contributed by atoms with van der Waals surface area (Å²) >= 11 is 0. The molecule has 0 spiro atoms. The van der Waals surface area contributed by atoms with Crippen molar-refractivity contribution < 1.29 is 0 Å². The first kappa shape index (κ1) is 42.7. The minimum atomic E-state index is 0. The average Bonchev–Trinajstić information content (AvgIpc) is 2.24. The van der Waals surface area contributed by atoms with Gasteiger partial charge in [-0.2, -0.15) is 87.3 Å². The molecule has 0 aliphatic heterocycles. The molecule has 0 aromatic carbocycles. The van der Waals surface area contributed by atoms with E-state index in [1.54, 1.807) is 24.8 Å². The van der Waals surface area contributed by atoms with E-state index in [4.69, 9.17) is 0 Å². The molecule has 2 rings (SSSR count). The average molecular weight is 397 g/mol. The molecular weight excluding hydrogens is 370 g/mol. The predicted molar refractivity (Wildman–Crippen MR) is 123 cm³/mol. The van der Waals surface area contributed by atoms with Gasteiger partial charge in [0.2, 0.25) is 0 Å². The molecule has 2 nitrogen and oxygen atoms in total. The van der Waals surface area contributed by atoms with Gasteiger partial charge in [0.25, 0.3) is 0 Å². The number of hydrogen-bond donors (Lipinski definition) is 0. The van der Waals surface area contributed by atoms with Crippen LogP contribution < -0.4 is 0 Å². The lowest BCUT2D eigenvalue weighted by Gasteiger charge is -1.70. The van der Waals surface area contributed by atoms with Gasteiger partial charge in [0.15, 0.2) is 0 Å². The first-order chi connectivity index (χ1) is 6.00. The van der Waals surface area contributed by atoms with E-state index in [0.29, 0.717) is 0 Å². The van der Waals surface area contributed by atoms with Gasteiger partial charge < -0.3 is 0 Å². The summed E-state index contributed by atoms with van der Waals surface area (Å²) in [6.45, 7) is 0. The molecule has 0 saturated heterocycles. The second-order valence-corrected chi connectivity index (χ2v) is 2.05. The van der Waals surface area contributed by atoms with Crippen LogP contribution >= 0.6 is 87.3 Å². The van der Waals surface area contributed by atoms with Crippen LogP contribution in [0.1, 0.15) is 0 Å². The van der Waals surface area contributed by atoms with Crippen molar-refractivity contribution in [2.45, 2.75) is 0 Å². The Kier molecular flexibility index (Phi) is 81.8. The molecule has 0 N–H and O–H groups in total. The van der Waals surface area contributed by atoms with Gasteiger partial charge in [0, 0.05) is 24.8 Å². The molecule has 0 radical (unpaired) electrons. The fraction of sp³-hybridized carbons (Fsp3) is 0. The smallest absolute Gasteiger partial charge is 0.0267 e. The number of pyridine rings is 2. The summed E-state index contributed by atoms with van der Waals surface area (Å²) in [5, 5.41) is 0. The number of nitrogens with zero attached hydrogens (tertiary/aromatic N) is 2. The van der Waals surface area contributed by atoms with E-state index in [1.807, 2.05) is 36.4 Å². The van der Waals surface area contributed by atoms with Gasteiger partial charge in [0.05, 0.1) is 0 Å². The second kappa shape index (κ2) is 36.4. The van der Waals surface area contributed by atoms with E-state index >= 15 is 0 Å². The minimum Gasteiger partial charge on any atom is -0.265 e. The van der Waals surface area contributed by atoms with Crippen molar-refractivity contribution in [3.05, 3.63) is 61.2 Å². The summed E-state index contributed by atoms with van der Waals surface area (Å²) in [6, 6.07) is 11.4. The summed E-state index contributed by atoms with van der Waals surface area (Å²) in [5.74, 6) is 0. The molecule has 0 aliphatic rings. The Morgan fingerprint density at radius 2 is 0.579 bits per heavy atom. The standard InChI is InChI=1S/2C5H5N.2H3P.5H2S/c2*1-2-4-6-5-3-1;;;;;;;/h2*1-5H;2*1H3;5*1H2. The molecule has 116 valence electrons. The number of rotatable bonds is 0. The quantitative estimate of drug-likeness (QED) is 0.640. The maximum Gasteiger partial charge on any atom is 0.0267 e. The molecular formula is C10H26N2P2S5. The van der Waals surface area contributed by atoms with Crippen LogP contribution in [0, 0.1) is 0 Å². The molecule has 2 unspecified atom stereocenters. The lowest BCUT2D eigenvalue weighted by molar-refractivity contribution is 1.33. The Morgan fingerprint density at radius 1 is 0.368 bits per heavy atom. The zero-order valence-corrected chi connectivity index (χ0v) is 18.4. The molecule has 0 amide bonds. The van der Waals surface area contributed by atoms with E-state index in [0.717, 1.165) is 0 Å². The Morgan fingerprint density at radius 3 is 0.632 bits per heavy atom. The third-order valence-electron chi connectivity index (χ3n) is 1.13. The largest absolute Gasteiger partial charge is 0.265 e. The van der Waals surface area contributed by atoms with Crippen LogP contribution in [-0.2, 0) is 0 Å². The van der Waals surface area contributed by atoms with Crippen molar-refractivity contribution in [3.63, 3.8) is 0 Å². The van der Waals surface area contributed by atoms with E-state index in [-0.39, 0.29) is 87.3 Å². The number of aromatic nitrogens is 2. The fourth-order valence-corrected chi connectivity index (χ4v) is 0.625. The molecule has 0 saturated carbocycles. The molecule has 2 atom stereocenters. The zero-order valence-electron chi connectivity index (χ0n) is 10.6. The Balaban J connectivity index is -0.0000000222. The van der Waals surface area contributed by atoms with E-state index in [9.17, 15) is 0 Å². The van der Waals surface area contributed by atoms with Gasteiger partial charge in [-0.25, -0.2) is 0 Å². The van der Waals surface area contributed by atoms with Crippen LogP contribution in [0.2, 0.25) is 0 Å². The van der Waals surface area contributed by atoms with Gasteiger partial charge >= 0.3 is 0 Å². The highest BCUT2D eigenvalue weighted by Gasteiger charge is 1.59. The Hall–Kier alpha value is 0.910. The molecule has 0 aliphatic carbocycles. The van der Waals surface area contributed by atoms with Crippen molar-refractivity contribution >= 4 is 87.3 Å². The Bertz CT molecular complexity index is 207. The van der Waals surface area contributed by atoms with Crippen molar-refractivity contribution in [1.82, 2.24) is 9.97 Å². The Labute approximate surface area is 157 Å². The first-order valence-electron chi connectivity index (χ1n) is 3.70. The van der Waals surface area contributed by atoms with E-state index in [1.165, 1.54) is 0 Å². The lowest BCUT2D eigenvalue weighted by atomic mass is 10.5. The summed E-state index contributed by atoms with van der Waals surface area (Å²) in [5.41, 5.74) is 0. The van der Waals surface area contributed by atoms with Crippen LogP contribution in [0.15, 0.2) is 61.2 Å². The SMILES string of the molecule is P.P.S.S.S.S.S.c1ccncc1.c1ccncc1. The zero-order chi connectivity index (χ0) is 8.49. The van der Waals surface area contributed by atoms with Crippen molar-refractivity contribution in [2.75, 3.05) is 0 Å². The summed E-state index contributed by atoms with van der Waals surface area (Å²) in [4.78, 5) is 7.57. The fourth-order valence-electron chi connectivity index (χ4n) is 0.625. The monoisotopic (exact) mass is 396 g/mol. The van der Waals surface area contributed by atoms with Crippen LogP contribution in [0.5, 0.6) is 0 Å². The number of hydrogen-bond acceptors (Lipinski definition) is 2.